The number of aromatic amines is 1. The molecule has 1 saturated heterocycles. The maximum absolute atomic E-state index is 13.1. The molecule has 1 fully saturated rings. The first-order valence-corrected chi connectivity index (χ1v) is 10.2. The van der Waals surface area contributed by atoms with E-state index >= 15 is 0 Å². The number of carbonyl (C=O) groups is 1. The first kappa shape index (κ1) is 17.3. The molecule has 0 unspecified atom stereocenters. The smallest absolute Gasteiger partial charge is 0.256 e. The fourth-order valence-corrected chi connectivity index (χ4v) is 4.43. The van der Waals surface area contributed by atoms with Gasteiger partial charge < -0.3 is 9.88 Å². The van der Waals surface area contributed by atoms with E-state index in [1.807, 2.05) is 17.0 Å². The Kier molecular flexibility index (Phi) is 4.83. The highest BCUT2D eigenvalue weighted by atomic mass is 32.1. The summed E-state index contributed by atoms with van der Waals surface area (Å²) >= 11 is 1.76. The van der Waals surface area contributed by atoms with Gasteiger partial charge in [-0.2, -0.15) is 11.3 Å². The number of aryl methyl sites for hydroxylation is 2. The number of nitrogens with one attached hydrogen (secondary N) is 1. The van der Waals surface area contributed by atoms with Crippen molar-refractivity contribution in [2.45, 2.75) is 20.3 Å². The van der Waals surface area contributed by atoms with Crippen LogP contribution in [0.5, 0.6) is 0 Å². The SMILES string of the molecule is Cc1[nH]c2c(C(=O)N3CCN(CCc4ccsc4)CC3)cccc2c1C. The number of thiophene rings is 1. The number of amides is 1. The molecule has 1 N–H and O–H groups in total. The third kappa shape index (κ3) is 3.29. The second-order valence-corrected chi connectivity index (χ2v) is 7.90. The van der Waals surface area contributed by atoms with Gasteiger partial charge in [-0.1, -0.05) is 12.1 Å². The summed E-state index contributed by atoms with van der Waals surface area (Å²) in [5.74, 6) is 0.148. The molecule has 3 aromatic rings. The highest BCUT2D eigenvalue weighted by molar-refractivity contribution is 7.07. The van der Waals surface area contributed by atoms with Crippen molar-refractivity contribution < 1.29 is 4.79 Å². The normalized spacial score (nSPS) is 15.7. The van der Waals surface area contributed by atoms with Gasteiger partial charge in [0.15, 0.2) is 0 Å². The van der Waals surface area contributed by atoms with Crippen molar-refractivity contribution >= 4 is 28.1 Å². The monoisotopic (exact) mass is 367 g/mol. The molecule has 26 heavy (non-hydrogen) atoms. The van der Waals surface area contributed by atoms with Gasteiger partial charge in [-0.15, -0.1) is 0 Å². The molecule has 0 atom stereocenters. The number of hydrogen-bond acceptors (Lipinski definition) is 3. The summed E-state index contributed by atoms with van der Waals surface area (Å²) in [5, 5.41) is 5.51. The lowest BCUT2D eigenvalue weighted by molar-refractivity contribution is 0.0640. The van der Waals surface area contributed by atoms with Crippen LogP contribution in [0.1, 0.15) is 27.2 Å². The number of para-hydroxylation sites is 1. The van der Waals surface area contributed by atoms with Crippen LogP contribution in [0.4, 0.5) is 0 Å². The molecule has 0 aliphatic carbocycles. The zero-order valence-corrected chi connectivity index (χ0v) is 16.2. The summed E-state index contributed by atoms with van der Waals surface area (Å²) < 4.78 is 0. The van der Waals surface area contributed by atoms with Gasteiger partial charge in [-0.3, -0.25) is 9.69 Å². The molecule has 0 spiro atoms. The van der Waals surface area contributed by atoms with Crippen molar-refractivity contribution in [1.29, 1.82) is 0 Å². The number of aromatic nitrogens is 1. The highest BCUT2D eigenvalue weighted by Crippen LogP contribution is 2.25. The quantitative estimate of drug-likeness (QED) is 0.761. The summed E-state index contributed by atoms with van der Waals surface area (Å²) in [4.78, 5) is 20.9. The lowest BCUT2D eigenvalue weighted by Crippen LogP contribution is -2.49. The number of carbonyl (C=O) groups excluding carboxylic acids is 1. The lowest BCUT2D eigenvalue weighted by Gasteiger charge is -2.34. The third-order valence-corrected chi connectivity index (χ3v) is 6.26. The molecule has 3 heterocycles. The van der Waals surface area contributed by atoms with E-state index in [-0.39, 0.29) is 5.91 Å². The molecule has 1 aromatic carbocycles. The van der Waals surface area contributed by atoms with Crippen LogP contribution in [0.15, 0.2) is 35.0 Å². The number of H-pyrrole nitrogens is 1. The van der Waals surface area contributed by atoms with Crippen molar-refractivity contribution in [2.75, 3.05) is 32.7 Å². The standard InChI is InChI=1S/C21H25N3OS/c1-15-16(2)22-20-18(15)4-3-5-19(20)21(25)24-11-9-23(10-12-24)8-6-17-7-13-26-14-17/h3-5,7,13-14,22H,6,8-12H2,1-2H3. The largest absolute Gasteiger partial charge is 0.358 e. The Labute approximate surface area is 158 Å². The molecule has 0 radical (unpaired) electrons. The van der Waals surface area contributed by atoms with Crippen LogP contribution in [-0.2, 0) is 6.42 Å². The predicted octanol–water partition coefficient (Wildman–Crippen LogP) is 3.85. The lowest BCUT2D eigenvalue weighted by atomic mass is 10.1. The fraction of sp³-hybridized carbons (Fsp3) is 0.381. The third-order valence-electron chi connectivity index (χ3n) is 5.53. The van der Waals surface area contributed by atoms with E-state index in [1.54, 1.807) is 11.3 Å². The molecule has 4 rings (SSSR count). The van der Waals surface area contributed by atoms with Crippen molar-refractivity contribution in [3.63, 3.8) is 0 Å². The summed E-state index contributed by atoms with van der Waals surface area (Å²) in [6, 6.07) is 8.23. The topological polar surface area (TPSA) is 39.3 Å². The van der Waals surface area contributed by atoms with E-state index in [2.05, 4.69) is 46.6 Å². The minimum atomic E-state index is 0.148. The van der Waals surface area contributed by atoms with Crippen LogP contribution in [-0.4, -0.2) is 53.4 Å². The van der Waals surface area contributed by atoms with Crippen molar-refractivity contribution in [3.8, 4) is 0 Å². The minimum Gasteiger partial charge on any atom is -0.358 e. The van der Waals surface area contributed by atoms with Crippen LogP contribution in [0.3, 0.4) is 0 Å². The summed E-state index contributed by atoms with van der Waals surface area (Å²) in [7, 11) is 0. The zero-order valence-electron chi connectivity index (χ0n) is 15.4. The van der Waals surface area contributed by atoms with Crippen LogP contribution < -0.4 is 0 Å². The molecular formula is C21H25N3OS. The van der Waals surface area contributed by atoms with Crippen LogP contribution in [0.2, 0.25) is 0 Å². The molecule has 5 heteroatoms. The van der Waals surface area contributed by atoms with Crippen LogP contribution in [0.25, 0.3) is 10.9 Å². The average Bonchev–Trinajstić information content (AvgIpc) is 3.28. The van der Waals surface area contributed by atoms with E-state index in [0.717, 1.165) is 61.3 Å². The Balaban J connectivity index is 1.41. The molecule has 136 valence electrons. The minimum absolute atomic E-state index is 0.148. The number of benzene rings is 1. The summed E-state index contributed by atoms with van der Waals surface area (Å²) in [6.07, 6.45) is 1.10. The second-order valence-electron chi connectivity index (χ2n) is 7.12. The van der Waals surface area contributed by atoms with Gasteiger partial charge in [0.25, 0.3) is 5.91 Å². The van der Waals surface area contributed by atoms with Gasteiger partial charge in [0.1, 0.15) is 0 Å². The van der Waals surface area contributed by atoms with Gasteiger partial charge in [-0.25, -0.2) is 0 Å². The van der Waals surface area contributed by atoms with E-state index in [1.165, 1.54) is 11.1 Å². The Morgan fingerprint density at radius 3 is 2.69 bits per heavy atom. The molecular weight excluding hydrogens is 342 g/mol. The number of nitrogens with zero attached hydrogens (tertiary/aromatic N) is 2. The van der Waals surface area contributed by atoms with Gasteiger partial charge in [0.2, 0.25) is 0 Å². The van der Waals surface area contributed by atoms with Gasteiger partial charge in [0, 0.05) is 43.8 Å². The van der Waals surface area contributed by atoms with E-state index in [9.17, 15) is 4.79 Å². The Morgan fingerprint density at radius 1 is 1.15 bits per heavy atom. The second kappa shape index (κ2) is 7.25. The number of hydrogen-bond donors (Lipinski definition) is 1. The number of piperazine rings is 1. The van der Waals surface area contributed by atoms with Gasteiger partial charge >= 0.3 is 0 Å². The Hall–Kier alpha value is -2.11. The van der Waals surface area contributed by atoms with Crippen molar-refractivity contribution in [2.24, 2.45) is 0 Å². The number of fused-ring (bicyclic) bond motifs is 1. The fourth-order valence-electron chi connectivity index (χ4n) is 3.73. The highest BCUT2D eigenvalue weighted by Gasteiger charge is 2.24. The zero-order chi connectivity index (χ0) is 18.1. The molecule has 0 saturated carbocycles. The maximum Gasteiger partial charge on any atom is 0.256 e. The molecule has 1 aliphatic rings. The summed E-state index contributed by atoms with van der Waals surface area (Å²) in [6.45, 7) is 8.76. The Bertz CT molecular complexity index is 905. The average molecular weight is 368 g/mol. The molecule has 1 amide bonds. The van der Waals surface area contributed by atoms with E-state index < -0.39 is 0 Å². The summed E-state index contributed by atoms with van der Waals surface area (Å²) in [5.41, 5.74) is 5.56. The molecule has 2 aromatic heterocycles. The van der Waals surface area contributed by atoms with Crippen LogP contribution in [0, 0.1) is 13.8 Å². The van der Waals surface area contributed by atoms with Gasteiger partial charge in [0.05, 0.1) is 11.1 Å². The predicted molar refractivity (Wildman–Crippen MR) is 108 cm³/mol. The first-order chi connectivity index (χ1) is 12.6. The molecule has 1 aliphatic heterocycles. The van der Waals surface area contributed by atoms with E-state index in [4.69, 9.17) is 0 Å². The van der Waals surface area contributed by atoms with Crippen LogP contribution >= 0.6 is 11.3 Å². The maximum atomic E-state index is 13.1. The number of rotatable bonds is 4. The first-order valence-electron chi connectivity index (χ1n) is 9.24. The van der Waals surface area contributed by atoms with Gasteiger partial charge in [-0.05, 0) is 54.3 Å². The van der Waals surface area contributed by atoms with E-state index in [0.29, 0.717) is 0 Å². The van der Waals surface area contributed by atoms with Crippen molar-refractivity contribution in [3.05, 3.63) is 57.4 Å². The molecule has 4 nitrogen and oxygen atoms in total. The van der Waals surface area contributed by atoms with Crippen molar-refractivity contribution in [1.82, 2.24) is 14.8 Å². The Morgan fingerprint density at radius 2 is 1.96 bits per heavy atom. The molecule has 0 bridgehead atoms.